The van der Waals surface area contributed by atoms with Gasteiger partial charge < -0.3 is 10.1 Å². The van der Waals surface area contributed by atoms with Crippen LogP contribution >= 0.6 is 22.9 Å². The molecule has 0 unspecified atom stereocenters. The van der Waals surface area contributed by atoms with Gasteiger partial charge >= 0.3 is 0 Å². The fourth-order valence-corrected chi connectivity index (χ4v) is 3.76. The number of hydrogen-bond donors (Lipinski definition) is 1. The van der Waals surface area contributed by atoms with Crippen molar-refractivity contribution in [3.05, 3.63) is 86.2 Å². The molecule has 1 amide bonds. The Hall–Kier alpha value is -3.43. The zero-order valence-electron chi connectivity index (χ0n) is 15.8. The second-order valence-electron chi connectivity index (χ2n) is 6.21. The van der Waals surface area contributed by atoms with Crippen LogP contribution in [0.5, 0.6) is 5.75 Å². The lowest BCUT2D eigenvalue weighted by Gasteiger charge is -2.08. The van der Waals surface area contributed by atoms with E-state index >= 15 is 0 Å². The van der Waals surface area contributed by atoms with Gasteiger partial charge in [0.15, 0.2) is 5.75 Å². The molecule has 4 rings (SSSR count). The minimum Gasteiger partial charge on any atom is -0.491 e. The number of nitrogens with one attached hydrogen (secondary N) is 1. The number of pyridine rings is 1. The van der Waals surface area contributed by atoms with Crippen LogP contribution in [-0.4, -0.2) is 32.6 Å². The number of rotatable bonds is 6. The molecule has 8 nitrogen and oxygen atoms in total. The largest absolute Gasteiger partial charge is 0.491 e. The molecule has 0 aliphatic heterocycles. The summed E-state index contributed by atoms with van der Waals surface area (Å²) in [6, 6.07) is 14.0. The van der Waals surface area contributed by atoms with E-state index < -0.39 is 0 Å². The van der Waals surface area contributed by atoms with Gasteiger partial charge in [-0.05, 0) is 48.5 Å². The van der Waals surface area contributed by atoms with Gasteiger partial charge in [0.05, 0.1) is 34.8 Å². The number of benzene rings is 1. The Kier molecular flexibility index (Phi) is 5.64. The lowest BCUT2D eigenvalue weighted by atomic mass is 10.2. The van der Waals surface area contributed by atoms with Gasteiger partial charge in [-0.3, -0.25) is 14.2 Å². The highest BCUT2D eigenvalue weighted by molar-refractivity contribution is 7.17. The van der Waals surface area contributed by atoms with Crippen molar-refractivity contribution in [2.24, 2.45) is 0 Å². The Balaban J connectivity index is 1.46. The Morgan fingerprint density at radius 1 is 1.17 bits per heavy atom. The zero-order chi connectivity index (χ0) is 21.1. The molecule has 0 aliphatic rings. The van der Waals surface area contributed by atoms with Crippen LogP contribution in [0.3, 0.4) is 0 Å². The molecule has 1 N–H and O–H groups in total. The van der Waals surface area contributed by atoms with E-state index in [1.807, 2.05) is 12.1 Å². The second-order valence-corrected chi connectivity index (χ2v) is 7.92. The van der Waals surface area contributed by atoms with Crippen LogP contribution in [-0.2, 0) is 6.54 Å². The normalized spacial score (nSPS) is 10.7. The topological polar surface area (TPSA) is 91.0 Å². The van der Waals surface area contributed by atoms with Gasteiger partial charge in [0, 0.05) is 11.9 Å². The van der Waals surface area contributed by atoms with E-state index in [0.717, 1.165) is 5.69 Å². The number of hydrogen-bond acceptors (Lipinski definition) is 6. The van der Waals surface area contributed by atoms with E-state index in [9.17, 15) is 9.59 Å². The molecule has 30 heavy (non-hydrogen) atoms. The number of thiophene rings is 1. The molecule has 0 bridgehead atoms. The number of nitrogens with zero attached hydrogens (tertiary/aromatic N) is 4. The number of ether oxygens (including phenoxy) is 1. The number of aromatic nitrogens is 4. The molecular weight excluding hydrogens is 426 g/mol. The van der Waals surface area contributed by atoms with Crippen LogP contribution in [0.25, 0.3) is 11.4 Å². The predicted molar refractivity (Wildman–Crippen MR) is 114 cm³/mol. The van der Waals surface area contributed by atoms with Crippen molar-refractivity contribution >= 4 is 28.8 Å². The SMILES string of the molecule is COc1cccn(-c2ccc(-n3cc(CNC(=O)c4ccc(Cl)s4)nn3)cc2)c1=O. The maximum atomic E-state index is 12.4. The maximum absolute atomic E-state index is 12.4. The number of amides is 1. The number of halogens is 1. The molecule has 0 spiro atoms. The smallest absolute Gasteiger partial charge is 0.297 e. The second kappa shape index (κ2) is 8.52. The molecule has 3 heterocycles. The summed E-state index contributed by atoms with van der Waals surface area (Å²) in [5.74, 6) is 0.0592. The predicted octanol–water partition coefficient (Wildman–Crippen LogP) is 3.07. The molecule has 10 heteroatoms. The zero-order valence-corrected chi connectivity index (χ0v) is 17.4. The van der Waals surface area contributed by atoms with Gasteiger partial charge in [-0.2, -0.15) is 0 Å². The summed E-state index contributed by atoms with van der Waals surface area (Å²) in [5.41, 5.74) is 1.84. The third-order valence-electron chi connectivity index (χ3n) is 4.29. The van der Waals surface area contributed by atoms with Crippen LogP contribution in [0.1, 0.15) is 15.4 Å². The maximum Gasteiger partial charge on any atom is 0.297 e. The summed E-state index contributed by atoms with van der Waals surface area (Å²) in [6.07, 6.45) is 3.41. The van der Waals surface area contributed by atoms with Gasteiger partial charge in [-0.1, -0.05) is 16.8 Å². The molecule has 3 aromatic heterocycles. The van der Waals surface area contributed by atoms with Gasteiger partial charge in [0.25, 0.3) is 11.5 Å². The first-order valence-corrected chi connectivity index (χ1v) is 10.1. The van der Waals surface area contributed by atoms with Crippen LogP contribution in [0, 0.1) is 0 Å². The van der Waals surface area contributed by atoms with Crippen molar-refractivity contribution in [3.8, 4) is 17.1 Å². The first-order valence-electron chi connectivity index (χ1n) is 8.86. The number of carbonyl (C=O) groups excluding carboxylic acids is 1. The lowest BCUT2D eigenvalue weighted by Crippen LogP contribution is -2.21. The van der Waals surface area contributed by atoms with E-state index in [2.05, 4.69) is 15.6 Å². The first-order chi connectivity index (χ1) is 14.5. The van der Waals surface area contributed by atoms with Gasteiger partial charge in [-0.15, -0.1) is 16.4 Å². The van der Waals surface area contributed by atoms with Crippen molar-refractivity contribution in [1.29, 1.82) is 0 Å². The molecule has 4 aromatic rings. The summed E-state index contributed by atoms with van der Waals surface area (Å²) in [5, 5.41) is 11.0. The quantitative estimate of drug-likeness (QED) is 0.496. The highest BCUT2D eigenvalue weighted by Gasteiger charge is 2.10. The van der Waals surface area contributed by atoms with Crippen molar-refractivity contribution in [3.63, 3.8) is 0 Å². The monoisotopic (exact) mass is 441 g/mol. The Morgan fingerprint density at radius 2 is 1.93 bits per heavy atom. The fourth-order valence-electron chi connectivity index (χ4n) is 2.80. The van der Waals surface area contributed by atoms with Gasteiger partial charge in [0.2, 0.25) is 0 Å². The lowest BCUT2D eigenvalue weighted by molar-refractivity contribution is 0.0954. The summed E-state index contributed by atoms with van der Waals surface area (Å²) >= 11 is 7.07. The van der Waals surface area contributed by atoms with Crippen molar-refractivity contribution in [1.82, 2.24) is 24.9 Å². The van der Waals surface area contributed by atoms with Crippen LogP contribution < -0.4 is 15.6 Å². The highest BCUT2D eigenvalue weighted by atomic mass is 35.5. The number of methoxy groups -OCH3 is 1. The van der Waals surface area contributed by atoms with Crippen LogP contribution in [0.2, 0.25) is 4.34 Å². The molecule has 0 aliphatic carbocycles. The van der Waals surface area contributed by atoms with Crippen LogP contribution in [0.4, 0.5) is 0 Å². The standard InChI is InChI=1S/C20H16ClN5O3S/c1-29-16-3-2-10-25(20(16)28)14-4-6-15(7-5-14)26-12-13(23-24-26)11-22-19(27)17-8-9-18(21)30-17/h2-10,12H,11H2,1H3,(H,22,27). The summed E-state index contributed by atoms with van der Waals surface area (Å²) in [7, 11) is 1.46. The van der Waals surface area contributed by atoms with Crippen molar-refractivity contribution in [2.75, 3.05) is 7.11 Å². The molecule has 0 atom stereocenters. The number of carbonyl (C=O) groups is 1. The third-order valence-corrected chi connectivity index (χ3v) is 5.52. The van der Waals surface area contributed by atoms with E-state index in [1.54, 1.807) is 53.5 Å². The molecule has 0 radical (unpaired) electrons. The fraction of sp³-hybridized carbons (Fsp3) is 0.100. The van der Waals surface area contributed by atoms with Crippen molar-refractivity contribution < 1.29 is 9.53 Å². The average Bonchev–Trinajstić information content (AvgIpc) is 3.42. The Morgan fingerprint density at radius 3 is 2.63 bits per heavy atom. The molecule has 0 fully saturated rings. The Bertz CT molecular complexity index is 1250. The molecular formula is C20H16ClN5O3S. The van der Waals surface area contributed by atoms with Crippen molar-refractivity contribution in [2.45, 2.75) is 6.54 Å². The van der Waals surface area contributed by atoms with E-state index in [0.29, 0.717) is 20.6 Å². The minimum atomic E-state index is -0.237. The van der Waals surface area contributed by atoms with E-state index in [-0.39, 0.29) is 23.8 Å². The average molecular weight is 442 g/mol. The van der Waals surface area contributed by atoms with E-state index in [4.69, 9.17) is 16.3 Å². The summed E-state index contributed by atoms with van der Waals surface area (Å²) in [6.45, 7) is 0.242. The summed E-state index contributed by atoms with van der Waals surface area (Å²) in [4.78, 5) is 25.0. The molecule has 152 valence electrons. The molecule has 1 aromatic carbocycles. The first kappa shape index (κ1) is 19.9. The van der Waals surface area contributed by atoms with Gasteiger partial charge in [-0.25, -0.2) is 4.68 Å². The highest BCUT2D eigenvalue weighted by Crippen LogP contribution is 2.21. The summed E-state index contributed by atoms with van der Waals surface area (Å²) < 4.78 is 8.74. The van der Waals surface area contributed by atoms with Gasteiger partial charge in [0.1, 0.15) is 5.69 Å². The molecule has 0 saturated heterocycles. The molecule has 0 saturated carbocycles. The van der Waals surface area contributed by atoms with Crippen LogP contribution in [0.15, 0.2) is 65.7 Å². The Labute approximate surface area is 180 Å². The third kappa shape index (κ3) is 4.12. The van der Waals surface area contributed by atoms with E-state index in [1.165, 1.54) is 23.0 Å². The minimum absolute atomic E-state index is 0.213.